The number of nitrogens with zero attached hydrogens (tertiary/aromatic N) is 1. The van der Waals surface area contributed by atoms with Gasteiger partial charge in [0.05, 0.1) is 0 Å². The molecule has 1 aromatic carbocycles. The van der Waals surface area contributed by atoms with Gasteiger partial charge in [-0.2, -0.15) is 4.57 Å². The van der Waals surface area contributed by atoms with Crippen LogP contribution in [0.3, 0.4) is 0 Å². The molecule has 1 unspecified atom stereocenters. The molecular formula is C21H28N+. The summed E-state index contributed by atoms with van der Waals surface area (Å²) in [7, 11) is 0. The van der Waals surface area contributed by atoms with Crippen LogP contribution in [0.1, 0.15) is 57.1 Å². The molecule has 116 valence electrons. The highest BCUT2D eigenvalue weighted by atomic mass is 15.1. The number of fused-ring (bicyclic) bond motifs is 3. The van der Waals surface area contributed by atoms with Gasteiger partial charge in [-0.15, -0.1) is 0 Å². The summed E-state index contributed by atoms with van der Waals surface area (Å²) in [5.41, 5.74) is 6.03. The molecule has 0 fully saturated rings. The molecule has 1 aromatic heterocycles. The summed E-state index contributed by atoms with van der Waals surface area (Å²) < 4.78 is 2.60. The van der Waals surface area contributed by atoms with E-state index in [1.54, 1.807) is 0 Å². The lowest BCUT2D eigenvalue weighted by molar-refractivity contribution is -0.759. The molecule has 0 bridgehead atoms. The van der Waals surface area contributed by atoms with Crippen molar-refractivity contribution in [2.45, 2.75) is 64.8 Å². The van der Waals surface area contributed by atoms with E-state index in [0.717, 1.165) is 0 Å². The second-order valence-corrected chi connectivity index (χ2v) is 6.78. The summed E-state index contributed by atoms with van der Waals surface area (Å²) in [5, 5.41) is 0. The number of pyridine rings is 1. The number of unbranched alkanes of at least 4 members (excludes halogenated alkanes) is 2. The van der Waals surface area contributed by atoms with Crippen molar-refractivity contribution >= 4 is 0 Å². The molecule has 1 aliphatic rings. The lowest BCUT2D eigenvalue weighted by Crippen LogP contribution is -2.60. The minimum absolute atomic E-state index is 0.255. The molecule has 0 spiro atoms. The van der Waals surface area contributed by atoms with Crippen LogP contribution in [0.4, 0.5) is 0 Å². The summed E-state index contributed by atoms with van der Waals surface area (Å²) in [6.07, 6.45) is 9.93. The van der Waals surface area contributed by atoms with Crippen molar-refractivity contribution in [3.05, 3.63) is 53.7 Å². The molecule has 2 heterocycles. The number of benzene rings is 1. The van der Waals surface area contributed by atoms with Crippen LogP contribution in [0.25, 0.3) is 11.3 Å². The highest BCUT2D eigenvalue weighted by Crippen LogP contribution is 2.38. The highest BCUT2D eigenvalue weighted by Gasteiger charge is 2.44. The fraction of sp³-hybridized carbons (Fsp3) is 0.476. The fourth-order valence-corrected chi connectivity index (χ4v) is 4.08. The molecular weight excluding hydrogens is 266 g/mol. The van der Waals surface area contributed by atoms with Gasteiger partial charge in [-0.3, -0.25) is 0 Å². The van der Waals surface area contributed by atoms with Gasteiger partial charge in [0.25, 0.3) is 0 Å². The Kier molecular flexibility index (Phi) is 4.33. The van der Waals surface area contributed by atoms with Crippen molar-refractivity contribution in [2.24, 2.45) is 0 Å². The van der Waals surface area contributed by atoms with E-state index < -0.39 is 0 Å². The second kappa shape index (κ2) is 6.24. The predicted octanol–water partition coefficient (Wildman–Crippen LogP) is 5.19. The van der Waals surface area contributed by atoms with E-state index in [-0.39, 0.29) is 5.54 Å². The molecule has 0 aliphatic carbocycles. The molecule has 1 aliphatic heterocycles. The molecule has 2 aromatic rings. The first kappa shape index (κ1) is 15.3. The average molecular weight is 294 g/mol. The van der Waals surface area contributed by atoms with Crippen LogP contribution >= 0.6 is 0 Å². The number of aromatic nitrogens is 1. The zero-order valence-corrected chi connectivity index (χ0v) is 14.2. The third-order valence-electron chi connectivity index (χ3n) is 5.40. The van der Waals surface area contributed by atoms with Crippen molar-refractivity contribution in [3.63, 3.8) is 0 Å². The van der Waals surface area contributed by atoms with Crippen molar-refractivity contribution in [2.75, 3.05) is 0 Å². The molecule has 0 radical (unpaired) electrons. The lowest BCUT2D eigenvalue weighted by Gasteiger charge is -2.34. The number of aryl methyl sites for hydroxylation is 1. The predicted molar refractivity (Wildman–Crippen MR) is 92.9 cm³/mol. The molecule has 22 heavy (non-hydrogen) atoms. The Labute approximate surface area is 135 Å². The fourth-order valence-electron chi connectivity index (χ4n) is 4.08. The highest BCUT2D eigenvalue weighted by molar-refractivity contribution is 5.65. The van der Waals surface area contributed by atoms with Crippen molar-refractivity contribution in [3.8, 4) is 11.3 Å². The Hall–Kier alpha value is -1.63. The van der Waals surface area contributed by atoms with Crippen molar-refractivity contribution in [1.29, 1.82) is 0 Å². The average Bonchev–Trinajstić information content (AvgIpc) is 2.55. The summed E-state index contributed by atoms with van der Waals surface area (Å²) in [5.74, 6) is 0. The molecule has 1 heteroatoms. The maximum atomic E-state index is 2.60. The first-order chi connectivity index (χ1) is 10.7. The zero-order chi connectivity index (χ0) is 15.6. The molecule has 0 amide bonds. The maximum Gasteiger partial charge on any atom is 0.216 e. The molecule has 1 atom stereocenters. The minimum atomic E-state index is 0.255. The number of rotatable bonds is 5. The van der Waals surface area contributed by atoms with Gasteiger partial charge >= 0.3 is 0 Å². The Morgan fingerprint density at radius 2 is 1.86 bits per heavy atom. The van der Waals surface area contributed by atoms with Crippen molar-refractivity contribution < 1.29 is 4.57 Å². The Bertz CT molecular complexity index is 659. The monoisotopic (exact) mass is 294 g/mol. The van der Waals surface area contributed by atoms with Crippen LogP contribution in [0, 0.1) is 6.92 Å². The first-order valence-electron chi connectivity index (χ1n) is 8.82. The van der Waals surface area contributed by atoms with Gasteiger partial charge in [-0.1, -0.05) is 44.9 Å². The SMILES string of the molecule is CCCCCC1(CC)Cc2ccccc2-c2c(C)ccc[n+]21. The van der Waals surface area contributed by atoms with E-state index in [9.17, 15) is 0 Å². The normalized spacial score (nSPS) is 19.6. The topological polar surface area (TPSA) is 3.88 Å². The van der Waals surface area contributed by atoms with E-state index in [1.807, 2.05) is 0 Å². The summed E-state index contributed by atoms with van der Waals surface area (Å²) in [6, 6.07) is 13.5. The van der Waals surface area contributed by atoms with Crippen LogP contribution in [-0.2, 0) is 12.0 Å². The van der Waals surface area contributed by atoms with Crippen LogP contribution in [0.5, 0.6) is 0 Å². The van der Waals surface area contributed by atoms with Crippen LogP contribution in [-0.4, -0.2) is 0 Å². The standard InChI is InChI=1S/C21H28N/c1-4-6-9-14-21(5-2)16-18-12-7-8-13-19(18)20-17(3)11-10-15-22(20)21/h7-8,10-13,15H,4-6,9,14,16H2,1-3H3/q+1. The van der Waals surface area contributed by atoms with Gasteiger partial charge in [0, 0.05) is 36.5 Å². The zero-order valence-electron chi connectivity index (χ0n) is 14.2. The minimum Gasteiger partial charge on any atom is -0.192 e. The summed E-state index contributed by atoms with van der Waals surface area (Å²) in [4.78, 5) is 0. The Balaban J connectivity index is 2.14. The molecule has 1 nitrogen and oxygen atoms in total. The second-order valence-electron chi connectivity index (χ2n) is 6.78. The van der Waals surface area contributed by atoms with E-state index >= 15 is 0 Å². The molecule has 0 N–H and O–H groups in total. The van der Waals surface area contributed by atoms with E-state index in [1.165, 1.54) is 60.9 Å². The van der Waals surface area contributed by atoms with Gasteiger partial charge in [-0.25, -0.2) is 0 Å². The van der Waals surface area contributed by atoms with E-state index in [2.05, 4.69) is 67.9 Å². The lowest BCUT2D eigenvalue weighted by atomic mass is 9.77. The number of hydrogen-bond acceptors (Lipinski definition) is 0. The third kappa shape index (κ3) is 2.47. The van der Waals surface area contributed by atoms with Gasteiger partial charge in [0.1, 0.15) is 0 Å². The maximum absolute atomic E-state index is 2.60. The number of hydrogen-bond donors (Lipinski definition) is 0. The summed E-state index contributed by atoms with van der Waals surface area (Å²) in [6.45, 7) is 6.90. The third-order valence-corrected chi connectivity index (χ3v) is 5.40. The first-order valence-corrected chi connectivity index (χ1v) is 8.82. The smallest absolute Gasteiger partial charge is 0.192 e. The van der Waals surface area contributed by atoms with Gasteiger partial charge in [-0.05, 0) is 31.0 Å². The van der Waals surface area contributed by atoms with Crippen LogP contribution < -0.4 is 4.57 Å². The van der Waals surface area contributed by atoms with E-state index in [0.29, 0.717) is 0 Å². The van der Waals surface area contributed by atoms with Gasteiger partial charge in [0.2, 0.25) is 5.69 Å². The van der Waals surface area contributed by atoms with Crippen molar-refractivity contribution in [1.82, 2.24) is 0 Å². The molecule has 3 rings (SSSR count). The van der Waals surface area contributed by atoms with Gasteiger partial charge < -0.3 is 0 Å². The quantitative estimate of drug-likeness (QED) is 0.527. The van der Waals surface area contributed by atoms with E-state index in [4.69, 9.17) is 0 Å². The van der Waals surface area contributed by atoms with Crippen LogP contribution in [0.15, 0.2) is 42.6 Å². The Morgan fingerprint density at radius 3 is 2.64 bits per heavy atom. The largest absolute Gasteiger partial charge is 0.216 e. The van der Waals surface area contributed by atoms with Crippen LogP contribution in [0.2, 0.25) is 0 Å². The molecule has 0 saturated carbocycles. The Morgan fingerprint density at radius 1 is 1.05 bits per heavy atom. The molecule has 0 saturated heterocycles. The summed E-state index contributed by atoms with van der Waals surface area (Å²) >= 11 is 0. The van der Waals surface area contributed by atoms with Gasteiger partial charge in [0.15, 0.2) is 11.7 Å².